The molecule has 2 aliphatic carbocycles. The van der Waals surface area contributed by atoms with Crippen molar-refractivity contribution >= 4 is 5.97 Å². The Morgan fingerprint density at radius 2 is 1.91 bits per heavy atom. The lowest BCUT2D eigenvalue weighted by Crippen LogP contribution is -2.18. The number of aliphatic hydroxyl groups excluding tert-OH is 2. The Balaban J connectivity index is 1.40. The van der Waals surface area contributed by atoms with Crippen molar-refractivity contribution in [3.8, 4) is 0 Å². The van der Waals surface area contributed by atoms with Crippen LogP contribution in [0.15, 0.2) is 48.1 Å². The second-order valence-electron chi connectivity index (χ2n) is 10.7. The number of carbonyl (C=O) groups is 1. The van der Waals surface area contributed by atoms with Crippen LogP contribution in [0.25, 0.3) is 0 Å². The lowest BCUT2D eigenvalue weighted by Gasteiger charge is -2.19. The molecule has 0 bridgehead atoms. The van der Waals surface area contributed by atoms with E-state index in [0.717, 1.165) is 63.4 Å². The van der Waals surface area contributed by atoms with Crippen molar-refractivity contribution in [2.45, 2.75) is 96.7 Å². The van der Waals surface area contributed by atoms with Gasteiger partial charge in [0.05, 0.1) is 17.8 Å². The molecule has 1 saturated carbocycles. The minimum Gasteiger partial charge on any atom is -0.478 e. The number of benzene rings is 1. The largest absolute Gasteiger partial charge is 0.478 e. The van der Waals surface area contributed by atoms with Crippen LogP contribution < -0.4 is 0 Å². The molecular formula is C30H44O4. The van der Waals surface area contributed by atoms with E-state index in [1.807, 2.05) is 18.2 Å². The maximum absolute atomic E-state index is 11.4. The number of fused-ring (bicyclic) bond motifs is 1. The van der Waals surface area contributed by atoms with Crippen molar-refractivity contribution in [2.24, 2.45) is 23.7 Å². The SMILES string of the molecule is CCCCC(C)C[C@H](O)/C=C/[C@H]1[C@H]2CC(CCCCCc3ccccc3C(=O)O)=C[C@H]2C[C@H]1O. The first-order valence-corrected chi connectivity index (χ1v) is 13.4. The Labute approximate surface area is 205 Å². The molecule has 1 aromatic carbocycles. The second-order valence-corrected chi connectivity index (χ2v) is 10.7. The molecule has 3 rings (SSSR count). The molecule has 4 nitrogen and oxygen atoms in total. The second kappa shape index (κ2) is 13.3. The molecule has 0 heterocycles. The molecule has 3 N–H and O–H groups in total. The van der Waals surface area contributed by atoms with Crippen LogP contribution in [0.5, 0.6) is 0 Å². The number of hydrogen-bond acceptors (Lipinski definition) is 3. The minimum atomic E-state index is -0.845. The standard InChI is InChI=1S/C30H44O4/c1-3-4-10-21(2)17-25(31)15-16-27-28-19-22(18-24(28)20-29(27)32)11-6-5-7-12-23-13-8-9-14-26(23)30(33)34/h8-9,13-16,18,21,24-25,27-29,31-32H,3-7,10-12,17,19-20H2,1-2H3,(H,33,34)/b16-15+/t21?,24-,25+,27-,28-,29+/m0/s1. The van der Waals surface area contributed by atoms with E-state index in [-0.39, 0.29) is 12.0 Å². The van der Waals surface area contributed by atoms with Gasteiger partial charge in [0.25, 0.3) is 0 Å². The third kappa shape index (κ3) is 7.55. The number of rotatable bonds is 14. The van der Waals surface area contributed by atoms with Gasteiger partial charge in [0.15, 0.2) is 0 Å². The van der Waals surface area contributed by atoms with Gasteiger partial charge in [-0.3, -0.25) is 0 Å². The van der Waals surface area contributed by atoms with E-state index in [0.29, 0.717) is 23.3 Å². The highest BCUT2D eigenvalue weighted by Gasteiger charge is 2.43. The number of carboxylic acid groups (broad SMARTS) is 1. The lowest BCUT2D eigenvalue weighted by atomic mass is 9.88. The maximum atomic E-state index is 11.4. The first-order valence-electron chi connectivity index (χ1n) is 13.4. The van der Waals surface area contributed by atoms with Crippen molar-refractivity contribution < 1.29 is 20.1 Å². The molecule has 6 atom stereocenters. The highest BCUT2D eigenvalue weighted by Crippen LogP contribution is 2.48. The molecule has 2 aliphatic rings. The molecular weight excluding hydrogens is 424 g/mol. The normalized spacial score (nSPS) is 25.9. The maximum Gasteiger partial charge on any atom is 0.335 e. The Kier molecular flexibility index (Phi) is 10.4. The molecule has 34 heavy (non-hydrogen) atoms. The van der Waals surface area contributed by atoms with E-state index in [9.17, 15) is 20.1 Å². The summed E-state index contributed by atoms with van der Waals surface area (Å²) >= 11 is 0. The van der Waals surface area contributed by atoms with Crippen LogP contribution in [-0.4, -0.2) is 33.5 Å². The fourth-order valence-electron chi connectivity index (χ4n) is 6.00. The van der Waals surface area contributed by atoms with Gasteiger partial charge < -0.3 is 15.3 Å². The van der Waals surface area contributed by atoms with Gasteiger partial charge in [0.2, 0.25) is 0 Å². The molecule has 0 aromatic heterocycles. The summed E-state index contributed by atoms with van der Waals surface area (Å²) in [5.74, 6) is 0.753. The van der Waals surface area contributed by atoms with Crippen LogP contribution in [0, 0.1) is 23.7 Å². The van der Waals surface area contributed by atoms with Gasteiger partial charge in [-0.05, 0) is 74.3 Å². The lowest BCUT2D eigenvalue weighted by molar-refractivity contribution is 0.0695. The van der Waals surface area contributed by atoms with Crippen molar-refractivity contribution in [2.75, 3.05) is 0 Å². The van der Waals surface area contributed by atoms with Crippen molar-refractivity contribution in [1.82, 2.24) is 0 Å². The zero-order valence-corrected chi connectivity index (χ0v) is 21.0. The highest BCUT2D eigenvalue weighted by molar-refractivity contribution is 5.89. The molecule has 4 heteroatoms. The van der Waals surface area contributed by atoms with Crippen LogP contribution in [0.3, 0.4) is 0 Å². The van der Waals surface area contributed by atoms with Gasteiger partial charge in [0, 0.05) is 5.92 Å². The molecule has 1 aromatic rings. The number of aliphatic hydroxyl groups is 2. The van der Waals surface area contributed by atoms with E-state index in [1.165, 1.54) is 18.4 Å². The molecule has 0 spiro atoms. The van der Waals surface area contributed by atoms with E-state index in [1.54, 1.807) is 12.1 Å². The molecule has 0 saturated heterocycles. The quantitative estimate of drug-likeness (QED) is 0.213. The zero-order chi connectivity index (χ0) is 24.5. The summed E-state index contributed by atoms with van der Waals surface area (Å²) < 4.78 is 0. The van der Waals surface area contributed by atoms with Crippen molar-refractivity contribution in [3.05, 3.63) is 59.2 Å². The van der Waals surface area contributed by atoms with Crippen LogP contribution in [0.2, 0.25) is 0 Å². The number of carboxylic acids is 1. The number of unbranched alkanes of at least 4 members (excludes halogenated alkanes) is 3. The van der Waals surface area contributed by atoms with Gasteiger partial charge in [-0.1, -0.05) is 81.5 Å². The first-order chi connectivity index (χ1) is 16.4. The van der Waals surface area contributed by atoms with Gasteiger partial charge in [-0.2, -0.15) is 0 Å². The van der Waals surface area contributed by atoms with E-state index >= 15 is 0 Å². The summed E-state index contributed by atoms with van der Waals surface area (Å²) in [7, 11) is 0. The predicted molar refractivity (Wildman–Crippen MR) is 138 cm³/mol. The Hall–Kier alpha value is -1.91. The van der Waals surface area contributed by atoms with Gasteiger partial charge >= 0.3 is 5.97 Å². The topological polar surface area (TPSA) is 77.8 Å². The van der Waals surface area contributed by atoms with Crippen LogP contribution in [-0.2, 0) is 6.42 Å². The minimum absolute atomic E-state index is 0.145. The fraction of sp³-hybridized carbons (Fsp3) is 0.633. The van der Waals surface area contributed by atoms with Crippen LogP contribution in [0.4, 0.5) is 0 Å². The van der Waals surface area contributed by atoms with E-state index in [2.05, 4.69) is 26.0 Å². The predicted octanol–water partition coefficient (Wildman–Crippen LogP) is 6.56. The first kappa shape index (κ1) is 26.7. The Morgan fingerprint density at radius 3 is 2.68 bits per heavy atom. The van der Waals surface area contributed by atoms with Gasteiger partial charge in [0.1, 0.15) is 0 Å². The van der Waals surface area contributed by atoms with E-state index < -0.39 is 12.1 Å². The summed E-state index contributed by atoms with van der Waals surface area (Å²) in [6, 6.07) is 7.30. The zero-order valence-electron chi connectivity index (χ0n) is 21.0. The van der Waals surface area contributed by atoms with Crippen LogP contribution in [0.1, 0.15) is 94.0 Å². The molecule has 0 amide bonds. The van der Waals surface area contributed by atoms with E-state index in [4.69, 9.17) is 0 Å². The third-order valence-corrected chi connectivity index (χ3v) is 7.89. The average Bonchev–Trinajstić information content (AvgIpc) is 3.32. The molecule has 188 valence electrons. The number of aromatic carboxylic acids is 1. The molecule has 1 unspecified atom stereocenters. The smallest absolute Gasteiger partial charge is 0.335 e. The number of aryl methyl sites for hydroxylation is 1. The summed E-state index contributed by atoms with van der Waals surface area (Å²) in [5, 5.41) is 30.4. The van der Waals surface area contributed by atoms with Gasteiger partial charge in [-0.25, -0.2) is 4.79 Å². The summed E-state index contributed by atoms with van der Waals surface area (Å²) in [4.78, 5) is 11.4. The summed E-state index contributed by atoms with van der Waals surface area (Å²) in [6.07, 6.45) is 17.1. The number of hydrogen-bond donors (Lipinski definition) is 3. The van der Waals surface area contributed by atoms with Crippen molar-refractivity contribution in [1.29, 1.82) is 0 Å². The fourth-order valence-corrected chi connectivity index (χ4v) is 6.00. The van der Waals surface area contributed by atoms with Gasteiger partial charge in [-0.15, -0.1) is 0 Å². The summed E-state index contributed by atoms with van der Waals surface area (Å²) in [5.41, 5.74) is 2.86. The third-order valence-electron chi connectivity index (χ3n) is 7.89. The number of allylic oxidation sites excluding steroid dienone is 2. The summed E-state index contributed by atoms with van der Waals surface area (Å²) in [6.45, 7) is 4.41. The Bertz CT molecular complexity index is 842. The van der Waals surface area contributed by atoms with Crippen molar-refractivity contribution in [3.63, 3.8) is 0 Å². The molecule has 0 aliphatic heterocycles. The Morgan fingerprint density at radius 1 is 1.15 bits per heavy atom. The molecule has 1 fully saturated rings. The highest BCUT2D eigenvalue weighted by atomic mass is 16.4. The average molecular weight is 469 g/mol. The van der Waals surface area contributed by atoms with Crippen LogP contribution >= 0.6 is 0 Å². The monoisotopic (exact) mass is 468 g/mol. The molecule has 0 radical (unpaired) electrons.